The summed E-state index contributed by atoms with van der Waals surface area (Å²) in [6.07, 6.45) is 1.69. The number of hydrogen-bond donors (Lipinski definition) is 2. The number of furan rings is 1. The van der Waals surface area contributed by atoms with Gasteiger partial charge in [-0.15, -0.1) is 0 Å². The molecule has 0 saturated carbocycles. The quantitative estimate of drug-likeness (QED) is 0.561. The van der Waals surface area contributed by atoms with Crippen LogP contribution in [0.4, 0.5) is 5.69 Å². The number of fused-ring (bicyclic) bond motifs is 1. The Balaban J connectivity index is 1.52. The summed E-state index contributed by atoms with van der Waals surface area (Å²) in [6, 6.07) is 17.5. The second kappa shape index (κ2) is 6.84. The first-order valence-electron chi connectivity index (χ1n) is 8.27. The highest BCUT2D eigenvalue weighted by Crippen LogP contribution is 2.28. The number of phenolic OH excluding ortho intramolecular Hbond substituents is 1. The van der Waals surface area contributed by atoms with Gasteiger partial charge in [-0.2, -0.15) is 0 Å². The van der Waals surface area contributed by atoms with Crippen molar-refractivity contribution >= 4 is 22.7 Å². The molecule has 0 spiro atoms. The summed E-state index contributed by atoms with van der Waals surface area (Å²) in [6.45, 7) is 0. The Labute approximate surface area is 155 Å². The third kappa shape index (κ3) is 3.32. The molecule has 1 amide bonds. The van der Waals surface area contributed by atoms with Gasteiger partial charge < -0.3 is 19.6 Å². The van der Waals surface area contributed by atoms with Crippen LogP contribution in [0.1, 0.15) is 10.4 Å². The Hall–Kier alpha value is -3.80. The highest BCUT2D eigenvalue weighted by molar-refractivity contribution is 6.04. The molecule has 2 aromatic heterocycles. The molecule has 0 aliphatic carbocycles. The van der Waals surface area contributed by atoms with E-state index < -0.39 is 0 Å². The lowest BCUT2D eigenvalue weighted by atomic mass is 10.1. The van der Waals surface area contributed by atoms with Gasteiger partial charge in [-0.05, 0) is 60.7 Å². The lowest BCUT2D eigenvalue weighted by Crippen LogP contribution is -2.11. The van der Waals surface area contributed by atoms with Gasteiger partial charge in [0.15, 0.2) is 11.5 Å². The minimum absolute atomic E-state index is 0.0843. The van der Waals surface area contributed by atoms with Crippen molar-refractivity contribution in [2.24, 2.45) is 0 Å². The fourth-order valence-electron chi connectivity index (χ4n) is 2.77. The maximum atomic E-state index is 12.3. The zero-order valence-corrected chi connectivity index (χ0v) is 14.5. The Kier molecular flexibility index (Phi) is 4.22. The highest BCUT2D eigenvalue weighted by Gasteiger charge is 2.11. The molecular weight excluding hydrogens is 344 g/mol. The number of nitrogens with zero attached hydrogens (tertiary/aromatic N) is 1. The molecule has 0 radical (unpaired) electrons. The van der Waals surface area contributed by atoms with Crippen molar-refractivity contribution in [3.05, 3.63) is 72.4 Å². The number of carbonyl (C=O) groups excluding carboxylic acids is 1. The number of aromatic hydroxyl groups is 1. The molecule has 6 nitrogen and oxygen atoms in total. The van der Waals surface area contributed by atoms with Gasteiger partial charge in [-0.1, -0.05) is 0 Å². The summed E-state index contributed by atoms with van der Waals surface area (Å²) in [5.74, 6) is 0.616. The third-order valence-electron chi connectivity index (χ3n) is 4.16. The number of benzene rings is 2. The molecule has 2 heterocycles. The fraction of sp³-hybridized carbons (Fsp3) is 0.0476. The van der Waals surface area contributed by atoms with Crippen LogP contribution in [0.15, 0.2) is 71.3 Å². The second-order valence-corrected chi connectivity index (χ2v) is 5.93. The summed E-state index contributed by atoms with van der Waals surface area (Å²) < 4.78 is 10.7. The highest BCUT2D eigenvalue weighted by atomic mass is 16.5. The van der Waals surface area contributed by atoms with Crippen LogP contribution in [-0.4, -0.2) is 23.1 Å². The Bertz CT molecular complexity index is 1080. The average Bonchev–Trinajstić information content (AvgIpc) is 3.12. The van der Waals surface area contributed by atoms with Crippen molar-refractivity contribution in [3.63, 3.8) is 0 Å². The molecule has 0 atom stereocenters. The topological polar surface area (TPSA) is 84.6 Å². The number of nitrogens with one attached hydrogen (secondary N) is 1. The summed E-state index contributed by atoms with van der Waals surface area (Å²) in [7, 11) is 1.45. The van der Waals surface area contributed by atoms with Crippen LogP contribution < -0.4 is 10.1 Å². The van der Waals surface area contributed by atoms with Gasteiger partial charge in [-0.3, -0.25) is 4.79 Å². The summed E-state index contributed by atoms with van der Waals surface area (Å²) >= 11 is 0. The van der Waals surface area contributed by atoms with Crippen LogP contribution in [0.2, 0.25) is 0 Å². The third-order valence-corrected chi connectivity index (χ3v) is 4.16. The molecule has 0 aliphatic heterocycles. The Morgan fingerprint density at radius 1 is 1.11 bits per heavy atom. The molecule has 4 aromatic rings. The number of phenols is 1. The lowest BCUT2D eigenvalue weighted by molar-refractivity contribution is 0.102. The predicted octanol–water partition coefficient (Wildman–Crippen LogP) is 4.46. The minimum atomic E-state index is -0.325. The van der Waals surface area contributed by atoms with Crippen LogP contribution in [-0.2, 0) is 0 Å². The van der Waals surface area contributed by atoms with Crippen molar-refractivity contribution < 1.29 is 19.1 Å². The van der Waals surface area contributed by atoms with Crippen LogP contribution in [0.5, 0.6) is 11.5 Å². The largest absolute Gasteiger partial charge is 0.504 e. The zero-order chi connectivity index (χ0) is 18.8. The molecule has 0 aliphatic rings. The number of amides is 1. The number of ether oxygens (including phenoxy) is 1. The van der Waals surface area contributed by atoms with E-state index in [-0.39, 0.29) is 11.7 Å². The van der Waals surface area contributed by atoms with Crippen LogP contribution >= 0.6 is 0 Å². The van der Waals surface area contributed by atoms with Crippen molar-refractivity contribution in [1.82, 2.24) is 4.98 Å². The number of rotatable bonds is 4. The molecule has 0 fully saturated rings. The molecule has 134 valence electrons. The molecule has 0 saturated heterocycles. The average molecular weight is 360 g/mol. The van der Waals surface area contributed by atoms with Crippen LogP contribution in [0.25, 0.3) is 22.4 Å². The number of pyridine rings is 1. The van der Waals surface area contributed by atoms with E-state index >= 15 is 0 Å². The molecule has 27 heavy (non-hydrogen) atoms. The molecule has 0 bridgehead atoms. The number of anilines is 1. The van der Waals surface area contributed by atoms with E-state index in [9.17, 15) is 9.90 Å². The van der Waals surface area contributed by atoms with Crippen molar-refractivity contribution in [2.45, 2.75) is 0 Å². The standard InChI is InChI=1S/C21H16N2O4/c1-26-18-9-6-14(11-17(18)24)20(25)23-16-7-4-13(5-8-16)19-12-15-3-2-10-22-21(15)27-19/h2-12,24H,1H3,(H,23,25). The maximum absolute atomic E-state index is 12.3. The first-order valence-corrected chi connectivity index (χ1v) is 8.27. The van der Waals surface area contributed by atoms with Crippen LogP contribution in [0.3, 0.4) is 0 Å². The SMILES string of the molecule is COc1ccc(C(=O)Nc2ccc(-c3cc4cccnc4o3)cc2)cc1O. The van der Waals surface area contributed by atoms with Crippen molar-refractivity contribution in [3.8, 4) is 22.8 Å². The number of hydrogen-bond acceptors (Lipinski definition) is 5. The van der Waals surface area contributed by atoms with Crippen LogP contribution in [0, 0.1) is 0 Å². The van der Waals surface area contributed by atoms with E-state index in [0.717, 1.165) is 10.9 Å². The van der Waals surface area contributed by atoms with E-state index in [1.54, 1.807) is 30.5 Å². The monoisotopic (exact) mass is 360 g/mol. The summed E-state index contributed by atoms with van der Waals surface area (Å²) in [4.78, 5) is 16.5. The first kappa shape index (κ1) is 16.7. The van der Waals surface area contributed by atoms with Gasteiger partial charge in [0, 0.05) is 28.4 Å². The van der Waals surface area contributed by atoms with Gasteiger partial charge in [0.2, 0.25) is 5.71 Å². The van der Waals surface area contributed by atoms with Gasteiger partial charge in [-0.25, -0.2) is 4.98 Å². The van der Waals surface area contributed by atoms with Crippen molar-refractivity contribution in [2.75, 3.05) is 12.4 Å². The van der Waals surface area contributed by atoms with E-state index in [1.807, 2.05) is 30.3 Å². The number of aromatic nitrogens is 1. The van der Waals surface area contributed by atoms with Gasteiger partial charge in [0.25, 0.3) is 5.91 Å². The molecule has 2 N–H and O–H groups in total. The Morgan fingerprint density at radius 2 is 1.93 bits per heavy atom. The van der Waals surface area contributed by atoms with Gasteiger partial charge >= 0.3 is 0 Å². The summed E-state index contributed by atoms with van der Waals surface area (Å²) in [5, 5.41) is 13.5. The molecule has 2 aromatic carbocycles. The molecule has 6 heteroatoms. The first-order chi connectivity index (χ1) is 13.1. The van der Waals surface area contributed by atoms with Gasteiger partial charge in [0.05, 0.1) is 7.11 Å². The number of carbonyl (C=O) groups is 1. The van der Waals surface area contributed by atoms with Crippen molar-refractivity contribution in [1.29, 1.82) is 0 Å². The molecule has 0 unspecified atom stereocenters. The Morgan fingerprint density at radius 3 is 2.63 bits per heavy atom. The number of methoxy groups -OCH3 is 1. The summed E-state index contributed by atoms with van der Waals surface area (Å²) in [5.41, 5.74) is 2.44. The van der Waals surface area contributed by atoms with E-state index in [4.69, 9.17) is 9.15 Å². The molecule has 4 rings (SSSR count). The molecular formula is C21H16N2O4. The lowest BCUT2D eigenvalue weighted by Gasteiger charge is -2.08. The smallest absolute Gasteiger partial charge is 0.255 e. The second-order valence-electron chi connectivity index (χ2n) is 5.93. The van der Waals surface area contributed by atoms with E-state index in [2.05, 4.69) is 10.3 Å². The predicted molar refractivity (Wildman–Crippen MR) is 102 cm³/mol. The van der Waals surface area contributed by atoms with E-state index in [1.165, 1.54) is 13.2 Å². The maximum Gasteiger partial charge on any atom is 0.255 e. The minimum Gasteiger partial charge on any atom is -0.504 e. The fourth-order valence-corrected chi connectivity index (χ4v) is 2.77. The normalized spacial score (nSPS) is 10.7. The zero-order valence-electron chi connectivity index (χ0n) is 14.5. The van der Waals surface area contributed by atoms with Gasteiger partial charge in [0.1, 0.15) is 5.76 Å². The van der Waals surface area contributed by atoms with E-state index in [0.29, 0.717) is 28.5 Å².